The summed E-state index contributed by atoms with van der Waals surface area (Å²) in [4.78, 5) is 12.3. The van der Waals surface area contributed by atoms with Gasteiger partial charge in [0.1, 0.15) is 5.76 Å². The van der Waals surface area contributed by atoms with Crippen molar-refractivity contribution in [3.8, 4) is 0 Å². The van der Waals surface area contributed by atoms with Crippen molar-refractivity contribution in [3.63, 3.8) is 0 Å². The maximum atomic E-state index is 12.3. The minimum atomic E-state index is -0.293. The number of hydrogen-bond donors (Lipinski definition) is 3. The topological polar surface area (TPSA) is 101 Å². The molecule has 0 bridgehead atoms. The highest BCUT2D eigenvalue weighted by atomic mass is 16.4. The standard InChI is InChI=1S/C15H17N3O3/c1-3-12-10(7-8-21-12)15(19)17-11-6-4-5-9(2)13(11)14(16)18-20/h4-8,20H,3H2,1-2H3,(H2,16,18)(H,17,19). The van der Waals surface area contributed by atoms with Crippen LogP contribution in [-0.2, 0) is 6.42 Å². The summed E-state index contributed by atoms with van der Waals surface area (Å²) >= 11 is 0. The third-order valence-electron chi connectivity index (χ3n) is 3.20. The Morgan fingerprint density at radius 1 is 1.43 bits per heavy atom. The molecule has 0 unspecified atom stereocenters. The number of hydrogen-bond acceptors (Lipinski definition) is 4. The van der Waals surface area contributed by atoms with Crippen molar-refractivity contribution in [2.75, 3.05) is 5.32 Å². The number of nitrogens with one attached hydrogen (secondary N) is 1. The average molecular weight is 287 g/mol. The second-order valence-corrected chi connectivity index (χ2v) is 4.55. The first-order chi connectivity index (χ1) is 10.1. The SMILES string of the molecule is CCc1occc1C(=O)Nc1cccc(C)c1/C(N)=N/O. The highest BCUT2D eigenvalue weighted by molar-refractivity contribution is 6.10. The first-order valence-corrected chi connectivity index (χ1v) is 6.53. The van der Waals surface area contributed by atoms with E-state index in [1.54, 1.807) is 18.2 Å². The zero-order valence-electron chi connectivity index (χ0n) is 11.9. The van der Waals surface area contributed by atoms with Gasteiger partial charge < -0.3 is 20.7 Å². The number of aryl methyl sites for hydroxylation is 2. The number of furan rings is 1. The molecular weight excluding hydrogens is 270 g/mol. The molecule has 2 aromatic rings. The first-order valence-electron chi connectivity index (χ1n) is 6.53. The van der Waals surface area contributed by atoms with Gasteiger partial charge >= 0.3 is 0 Å². The number of nitrogens with two attached hydrogens (primary N) is 1. The normalized spacial score (nSPS) is 11.4. The molecule has 0 aliphatic rings. The van der Waals surface area contributed by atoms with Gasteiger partial charge in [-0.15, -0.1) is 0 Å². The van der Waals surface area contributed by atoms with E-state index in [-0.39, 0.29) is 11.7 Å². The van der Waals surface area contributed by atoms with E-state index in [9.17, 15) is 4.79 Å². The number of carbonyl (C=O) groups is 1. The molecule has 0 radical (unpaired) electrons. The molecule has 0 saturated heterocycles. The van der Waals surface area contributed by atoms with Crippen LogP contribution in [-0.4, -0.2) is 17.0 Å². The summed E-state index contributed by atoms with van der Waals surface area (Å²) in [6, 6.07) is 6.92. The Balaban J connectivity index is 2.36. The smallest absolute Gasteiger partial charge is 0.259 e. The molecule has 1 amide bonds. The highest BCUT2D eigenvalue weighted by Crippen LogP contribution is 2.21. The Hall–Kier alpha value is -2.76. The maximum Gasteiger partial charge on any atom is 0.259 e. The number of amides is 1. The van der Waals surface area contributed by atoms with Gasteiger partial charge in [-0.25, -0.2) is 0 Å². The molecule has 2 rings (SSSR count). The van der Waals surface area contributed by atoms with Crippen LogP contribution in [0.3, 0.4) is 0 Å². The summed E-state index contributed by atoms with van der Waals surface area (Å²) in [6.07, 6.45) is 2.10. The number of rotatable bonds is 4. The van der Waals surface area contributed by atoms with Crippen LogP contribution in [0.2, 0.25) is 0 Å². The van der Waals surface area contributed by atoms with Gasteiger partial charge in [0.05, 0.1) is 17.5 Å². The lowest BCUT2D eigenvalue weighted by atomic mass is 10.1. The molecule has 0 aliphatic heterocycles. The largest absolute Gasteiger partial charge is 0.469 e. The molecule has 0 saturated carbocycles. The van der Waals surface area contributed by atoms with Gasteiger partial charge in [-0.3, -0.25) is 4.79 Å². The molecule has 21 heavy (non-hydrogen) atoms. The van der Waals surface area contributed by atoms with Gasteiger partial charge in [0.25, 0.3) is 5.91 Å². The summed E-state index contributed by atoms with van der Waals surface area (Å²) in [5, 5.41) is 14.7. The van der Waals surface area contributed by atoms with Crippen LogP contribution >= 0.6 is 0 Å². The molecule has 6 nitrogen and oxygen atoms in total. The molecule has 0 spiro atoms. The second-order valence-electron chi connectivity index (χ2n) is 4.55. The Morgan fingerprint density at radius 3 is 2.86 bits per heavy atom. The van der Waals surface area contributed by atoms with Crippen molar-refractivity contribution in [2.45, 2.75) is 20.3 Å². The molecule has 110 valence electrons. The minimum Gasteiger partial charge on any atom is -0.469 e. The summed E-state index contributed by atoms with van der Waals surface area (Å²) < 4.78 is 5.25. The zero-order valence-corrected chi connectivity index (χ0v) is 11.9. The van der Waals surface area contributed by atoms with E-state index in [2.05, 4.69) is 10.5 Å². The van der Waals surface area contributed by atoms with E-state index in [0.29, 0.717) is 29.0 Å². The van der Waals surface area contributed by atoms with E-state index in [1.165, 1.54) is 6.26 Å². The van der Waals surface area contributed by atoms with E-state index < -0.39 is 0 Å². The van der Waals surface area contributed by atoms with Crippen molar-refractivity contribution in [1.82, 2.24) is 0 Å². The summed E-state index contributed by atoms with van der Waals surface area (Å²) in [7, 11) is 0. The van der Waals surface area contributed by atoms with Crippen LogP contribution < -0.4 is 11.1 Å². The number of anilines is 1. The molecule has 0 fully saturated rings. The third-order valence-corrected chi connectivity index (χ3v) is 3.20. The predicted molar refractivity (Wildman–Crippen MR) is 79.7 cm³/mol. The van der Waals surface area contributed by atoms with Crippen molar-refractivity contribution in [2.24, 2.45) is 10.9 Å². The monoisotopic (exact) mass is 287 g/mol. The fourth-order valence-corrected chi connectivity index (χ4v) is 2.17. The quantitative estimate of drug-likeness (QED) is 0.348. The Morgan fingerprint density at radius 2 is 2.19 bits per heavy atom. The predicted octanol–water partition coefficient (Wildman–Crippen LogP) is 2.50. The molecule has 1 heterocycles. The molecule has 4 N–H and O–H groups in total. The van der Waals surface area contributed by atoms with E-state index in [1.807, 2.05) is 19.9 Å². The Labute approximate surface area is 122 Å². The number of oxime groups is 1. The average Bonchev–Trinajstić information content (AvgIpc) is 2.95. The summed E-state index contributed by atoms with van der Waals surface area (Å²) in [5.74, 6) is 0.273. The number of amidine groups is 1. The second kappa shape index (κ2) is 6.13. The van der Waals surface area contributed by atoms with Gasteiger partial charge in [0.15, 0.2) is 5.84 Å². The van der Waals surface area contributed by atoms with Crippen molar-refractivity contribution in [3.05, 3.63) is 53.0 Å². The Bertz CT molecular complexity index is 689. The van der Waals surface area contributed by atoms with E-state index in [4.69, 9.17) is 15.4 Å². The van der Waals surface area contributed by atoms with E-state index >= 15 is 0 Å². The highest BCUT2D eigenvalue weighted by Gasteiger charge is 2.17. The molecule has 1 aromatic heterocycles. The van der Waals surface area contributed by atoms with Crippen LogP contribution in [0.4, 0.5) is 5.69 Å². The van der Waals surface area contributed by atoms with Crippen molar-refractivity contribution in [1.29, 1.82) is 0 Å². The maximum absolute atomic E-state index is 12.3. The number of benzene rings is 1. The van der Waals surface area contributed by atoms with Crippen LogP contribution in [0.5, 0.6) is 0 Å². The number of nitrogens with zero attached hydrogens (tertiary/aromatic N) is 1. The molecule has 0 aliphatic carbocycles. The van der Waals surface area contributed by atoms with Gasteiger partial charge in [-0.05, 0) is 24.6 Å². The lowest BCUT2D eigenvalue weighted by Gasteiger charge is -2.12. The lowest BCUT2D eigenvalue weighted by molar-refractivity contribution is 0.102. The minimum absolute atomic E-state index is 0.0497. The first kappa shape index (κ1) is 14.6. The van der Waals surface area contributed by atoms with Crippen LogP contribution in [0.25, 0.3) is 0 Å². The third kappa shape index (κ3) is 2.89. The van der Waals surface area contributed by atoms with Crippen LogP contribution in [0, 0.1) is 6.92 Å². The van der Waals surface area contributed by atoms with Crippen LogP contribution in [0.1, 0.15) is 34.2 Å². The van der Waals surface area contributed by atoms with Crippen molar-refractivity contribution < 1.29 is 14.4 Å². The molecule has 0 atom stereocenters. The summed E-state index contributed by atoms with van der Waals surface area (Å²) in [6.45, 7) is 3.72. The zero-order chi connectivity index (χ0) is 15.4. The van der Waals surface area contributed by atoms with E-state index in [0.717, 1.165) is 5.56 Å². The van der Waals surface area contributed by atoms with Gasteiger partial charge in [0, 0.05) is 12.0 Å². The molecule has 1 aromatic carbocycles. The van der Waals surface area contributed by atoms with Gasteiger partial charge in [-0.2, -0.15) is 0 Å². The summed E-state index contributed by atoms with van der Waals surface area (Å²) in [5.41, 5.74) is 7.93. The fraction of sp³-hybridized carbons (Fsp3) is 0.200. The lowest BCUT2D eigenvalue weighted by Crippen LogP contribution is -2.20. The van der Waals surface area contributed by atoms with Crippen LogP contribution in [0.15, 0.2) is 40.1 Å². The van der Waals surface area contributed by atoms with Crippen molar-refractivity contribution >= 4 is 17.4 Å². The van der Waals surface area contributed by atoms with Gasteiger partial charge in [0.2, 0.25) is 0 Å². The Kier molecular flexibility index (Phi) is 4.27. The number of carbonyl (C=O) groups excluding carboxylic acids is 1. The molecular formula is C15H17N3O3. The fourth-order valence-electron chi connectivity index (χ4n) is 2.17. The van der Waals surface area contributed by atoms with Gasteiger partial charge in [-0.1, -0.05) is 24.2 Å². The molecule has 6 heteroatoms.